The molecule has 0 amide bonds. The Morgan fingerprint density at radius 2 is 2.22 bits per heavy atom. The zero-order chi connectivity index (χ0) is 6.41. The summed E-state index contributed by atoms with van der Waals surface area (Å²) in [7, 11) is 1.56. The van der Waals surface area contributed by atoms with Gasteiger partial charge in [-0.2, -0.15) is 5.48 Å². The van der Waals surface area contributed by atoms with Gasteiger partial charge in [0.25, 0.3) is 0 Å². The van der Waals surface area contributed by atoms with Crippen LogP contribution in [-0.2, 0) is 9.63 Å². The summed E-state index contributed by atoms with van der Waals surface area (Å²) in [6.07, 6.45) is 1.32. The van der Waals surface area contributed by atoms with Crippen molar-refractivity contribution < 1.29 is 9.63 Å². The Bertz CT molecular complexity index is 69.4. The van der Waals surface area contributed by atoms with E-state index in [2.05, 4.69) is 10.3 Å². The van der Waals surface area contributed by atoms with Crippen LogP contribution in [0.2, 0.25) is 0 Å². The van der Waals surface area contributed by atoms with E-state index in [1.54, 1.807) is 7.05 Å². The molecule has 0 spiro atoms. The average molecular weight is 157 g/mol. The SMILES string of the molecule is CCCC(=O)ONC.[KH]. The zero-order valence-electron chi connectivity index (χ0n) is 5.23. The summed E-state index contributed by atoms with van der Waals surface area (Å²) in [4.78, 5) is 14.8. The molecule has 0 saturated heterocycles. The summed E-state index contributed by atoms with van der Waals surface area (Å²) in [6.45, 7) is 1.93. The van der Waals surface area contributed by atoms with E-state index in [9.17, 15) is 4.79 Å². The van der Waals surface area contributed by atoms with Crippen molar-refractivity contribution in [1.29, 1.82) is 0 Å². The molecule has 0 aromatic carbocycles. The van der Waals surface area contributed by atoms with Gasteiger partial charge in [-0.1, -0.05) is 6.92 Å². The first-order valence-electron chi connectivity index (χ1n) is 2.67. The van der Waals surface area contributed by atoms with Gasteiger partial charge in [-0.3, -0.25) is 4.79 Å². The van der Waals surface area contributed by atoms with Crippen LogP contribution in [0, 0.1) is 0 Å². The Morgan fingerprint density at radius 1 is 1.67 bits per heavy atom. The fourth-order valence-corrected chi connectivity index (χ4v) is 0.369. The van der Waals surface area contributed by atoms with Crippen LogP contribution in [0.5, 0.6) is 0 Å². The van der Waals surface area contributed by atoms with Crippen molar-refractivity contribution in [3.05, 3.63) is 0 Å². The number of nitrogens with one attached hydrogen (secondary N) is 1. The number of carbonyl (C=O) groups excluding carboxylic acids is 1. The number of hydrogen-bond acceptors (Lipinski definition) is 3. The van der Waals surface area contributed by atoms with E-state index in [4.69, 9.17) is 0 Å². The number of carbonyl (C=O) groups is 1. The van der Waals surface area contributed by atoms with Crippen molar-refractivity contribution in [3.8, 4) is 0 Å². The summed E-state index contributed by atoms with van der Waals surface area (Å²) in [5.74, 6) is -0.199. The molecule has 0 aliphatic heterocycles. The van der Waals surface area contributed by atoms with Crippen LogP contribution in [-0.4, -0.2) is 64.4 Å². The van der Waals surface area contributed by atoms with Crippen LogP contribution >= 0.6 is 0 Å². The fourth-order valence-electron chi connectivity index (χ4n) is 0.369. The topological polar surface area (TPSA) is 38.3 Å². The third-order valence-corrected chi connectivity index (χ3v) is 0.670. The standard InChI is InChI=1S/C5H11NO2.K.H/c1-3-4-5(7)8-6-2;;/h6H,3-4H2,1-2H3;;. The molecule has 0 aromatic heterocycles. The summed E-state index contributed by atoms with van der Waals surface area (Å²) >= 11 is 0. The minimum atomic E-state index is -0.199. The van der Waals surface area contributed by atoms with Gasteiger partial charge in [-0.25, -0.2) is 0 Å². The third-order valence-electron chi connectivity index (χ3n) is 0.670. The molecule has 0 rings (SSSR count). The molecule has 0 aromatic rings. The number of hydrogen-bond donors (Lipinski definition) is 1. The molecule has 9 heavy (non-hydrogen) atoms. The van der Waals surface area contributed by atoms with Gasteiger partial charge in [-0.05, 0) is 6.42 Å². The van der Waals surface area contributed by atoms with Gasteiger partial charge in [0.1, 0.15) is 0 Å². The monoisotopic (exact) mass is 157 g/mol. The van der Waals surface area contributed by atoms with Gasteiger partial charge in [-0.15, -0.1) is 0 Å². The van der Waals surface area contributed by atoms with Crippen molar-refractivity contribution in [2.75, 3.05) is 7.05 Å². The van der Waals surface area contributed by atoms with Crippen LogP contribution in [0.4, 0.5) is 0 Å². The summed E-state index contributed by atoms with van der Waals surface area (Å²) in [6, 6.07) is 0. The maximum absolute atomic E-state index is 10.4. The van der Waals surface area contributed by atoms with Crippen LogP contribution in [0.25, 0.3) is 0 Å². The zero-order valence-corrected chi connectivity index (χ0v) is 5.23. The molecule has 4 heteroatoms. The van der Waals surface area contributed by atoms with Crippen molar-refractivity contribution in [1.82, 2.24) is 5.48 Å². The molecule has 0 aliphatic rings. The van der Waals surface area contributed by atoms with Crippen LogP contribution in [0.3, 0.4) is 0 Å². The quantitative estimate of drug-likeness (QED) is 0.456. The van der Waals surface area contributed by atoms with Crippen molar-refractivity contribution in [2.45, 2.75) is 19.8 Å². The molecule has 3 nitrogen and oxygen atoms in total. The molecular weight excluding hydrogens is 145 g/mol. The van der Waals surface area contributed by atoms with Crippen LogP contribution < -0.4 is 5.48 Å². The van der Waals surface area contributed by atoms with E-state index < -0.39 is 0 Å². The third kappa shape index (κ3) is 9.07. The summed E-state index contributed by atoms with van der Waals surface area (Å²) < 4.78 is 0. The average Bonchev–Trinajstić information content (AvgIpc) is 1.68. The molecule has 50 valence electrons. The number of hydroxylamine groups is 1. The van der Waals surface area contributed by atoms with Gasteiger partial charge in [0.05, 0.1) is 0 Å². The Kier molecular flexibility index (Phi) is 12.8. The minimum absolute atomic E-state index is 0. The van der Waals surface area contributed by atoms with Crippen LogP contribution in [0.15, 0.2) is 0 Å². The molecule has 1 N–H and O–H groups in total. The maximum atomic E-state index is 10.4. The normalized spacial score (nSPS) is 7.78. The van der Waals surface area contributed by atoms with Gasteiger partial charge >= 0.3 is 57.4 Å². The molecular formula is C5H12KNO2. The van der Waals surface area contributed by atoms with E-state index in [1.807, 2.05) is 6.92 Å². The molecule has 0 saturated carbocycles. The molecule has 0 heterocycles. The number of rotatable bonds is 3. The fraction of sp³-hybridized carbons (Fsp3) is 0.800. The van der Waals surface area contributed by atoms with Gasteiger partial charge in [0, 0.05) is 13.5 Å². The van der Waals surface area contributed by atoms with E-state index in [-0.39, 0.29) is 57.4 Å². The molecule has 0 fully saturated rings. The second-order valence-electron chi connectivity index (χ2n) is 1.43. The molecule has 0 atom stereocenters. The van der Waals surface area contributed by atoms with Gasteiger partial charge < -0.3 is 4.84 Å². The predicted octanol–water partition coefficient (Wildman–Crippen LogP) is -0.184. The molecule has 0 aliphatic carbocycles. The van der Waals surface area contributed by atoms with Gasteiger partial charge in [0.2, 0.25) is 0 Å². The first-order chi connectivity index (χ1) is 3.81. The summed E-state index contributed by atoms with van der Waals surface area (Å²) in [5, 5.41) is 0. The van der Waals surface area contributed by atoms with Gasteiger partial charge in [0.15, 0.2) is 0 Å². The Balaban J connectivity index is 0. The van der Waals surface area contributed by atoms with Crippen molar-refractivity contribution >= 4 is 57.4 Å². The van der Waals surface area contributed by atoms with E-state index in [0.29, 0.717) is 6.42 Å². The Hall–Kier alpha value is 1.07. The van der Waals surface area contributed by atoms with E-state index in [0.717, 1.165) is 6.42 Å². The first kappa shape index (κ1) is 12.7. The molecule has 0 unspecified atom stereocenters. The molecule has 0 bridgehead atoms. The van der Waals surface area contributed by atoms with E-state index >= 15 is 0 Å². The second kappa shape index (κ2) is 9.07. The van der Waals surface area contributed by atoms with Crippen molar-refractivity contribution in [2.24, 2.45) is 0 Å². The Labute approximate surface area is 97.9 Å². The van der Waals surface area contributed by atoms with E-state index in [1.165, 1.54) is 0 Å². The molecule has 0 radical (unpaired) electrons. The van der Waals surface area contributed by atoms with Crippen LogP contribution in [0.1, 0.15) is 19.8 Å². The van der Waals surface area contributed by atoms with Crippen molar-refractivity contribution in [3.63, 3.8) is 0 Å². The second-order valence-corrected chi connectivity index (χ2v) is 1.43. The summed E-state index contributed by atoms with van der Waals surface area (Å²) in [5.41, 5.74) is 2.30. The predicted molar refractivity (Wildman–Crippen MR) is 37.2 cm³/mol. The Morgan fingerprint density at radius 3 is 2.56 bits per heavy atom. The first-order valence-corrected chi connectivity index (χ1v) is 2.67.